The van der Waals surface area contributed by atoms with Gasteiger partial charge < -0.3 is 4.74 Å². The summed E-state index contributed by atoms with van der Waals surface area (Å²) in [7, 11) is -1.02. The first-order valence-electron chi connectivity index (χ1n) is 7.25. The van der Waals surface area contributed by atoms with Gasteiger partial charge in [0.15, 0.2) is 5.25 Å². The highest BCUT2D eigenvalue weighted by molar-refractivity contribution is 7.91. The maximum absolute atomic E-state index is 12.6. The van der Waals surface area contributed by atoms with Crippen molar-refractivity contribution in [2.45, 2.75) is 5.25 Å². The van der Waals surface area contributed by atoms with Crippen LogP contribution in [0.5, 0.6) is 5.75 Å². The number of rotatable bonds is 3. The molecule has 6 nitrogen and oxygen atoms in total. The number of aliphatic imine (C=N–C) groups is 1. The lowest BCUT2D eigenvalue weighted by atomic mass is 10.1. The summed E-state index contributed by atoms with van der Waals surface area (Å²) < 4.78 is 31.1. The molecule has 1 fully saturated rings. The van der Waals surface area contributed by atoms with Crippen molar-refractivity contribution in [3.05, 3.63) is 60.2 Å². The fourth-order valence-electron chi connectivity index (χ4n) is 2.55. The number of hydrogen-bond donors (Lipinski definition) is 0. The number of sulfonamides is 1. The van der Waals surface area contributed by atoms with Crippen LogP contribution in [0.1, 0.15) is 10.8 Å². The fraction of sp³-hybridized carbons (Fsp3) is 0.176. The van der Waals surface area contributed by atoms with E-state index in [-0.39, 0.29) is 5.71 Å². The Hall–Kier alpha value is -2.67. The first-order chi connectivity index (χ1) is 11.4. The van der Waals surface area contributed by atoms with E-state index in [2.05, 4.69) is 4.99 Å². The van der Waals surface area contributed by atoms with Gasteiger partial charge in [0, 0.05) is 7.05 Å². The third-order valence-electron chi connectivity index (χ3n) is 3.86. The summed E-state index contributed by atoms with van der Waals surface area (Å²) in [4.78, 5) is 16.7. The average Bonchev–Trinajstić information content (AvgIpc) is 2.76. The summed E-state index contributed by atoms with van der Waals surface area (Å²) in [6.07, 6.45) is 0. The maximum Gasteiger partial charge on any atom is 0.283 e. The first-order valence-corrected chi connectivity index (χ1v) is 8.75. The molecule has 0 N–H and O–H groups in total. The highest BCUT2D eigenvalue weighted by Crippen LogP contribution is 2.35. The standard InChI is InChI=1S/C17H16N2O4S/c1-19-17(20)15(18-13-8-10-14(23-2)11-9-13)16(24(19,21)22)12-6-4-3-5-7-12/h3-11,16H,1-2H3. The van der Waals surface area contributed by atoms with Gasteiger partial charge in [-0.05, 0) is 29.8 Å². The van der Waals surface area contributed by atoms with Crippen molar-refractivity contribution in [2.24, 2.45) is 4.99 Å². The van der Waals surface area contributed by atoms with Gasteiger partial charge in [-0.25, -0.2) is 17.7 Å². The Balaban J connectivity index is 2.12. The van der Waals surface area contributed by atoms with Gasteiger partial charge in [-0.3, -0.25) is 4.79 Å². The average molecular weight is 344 g/mol. The van der Waals surface area contributed by atoms with Gasteiger partial charge in [0.1, 0.15) is 11.5 Å². The summed E-state index contributed by atoms with van der Waals surface area (Å²) in [6.45, 7) is 0. The minimum atomic E-state index is -3.82. The summed E-state index contributed by atoms with van der Waals surface area (Å²) in [5, 5.41) is -1.10. The third kappa shape index (κ3) is 2.67. The predicted molar refractivity (Wildman–Crippen MR) is 91.0 cm³/mol. The lowest BCUT2D eigenvalue weighted by Gasteiger charge is -2.11. The Morgan fingerprint density at radius 1 is 1.04 bits per heavy atom. The van der Waals surface area contributed by atoms with Gasteiger partial charge in [0.2, 0.25) is 10.0 Å². The second kappa shape index (κ2) is 6.09. The Labute approximate surface area is 140 Å². The smallest absolute Gasteiger partial charge is 0.283 e. The molecule has 0 aliphatic carbocycles. The van der Waals surface area contributed by atoms with E-state index in [1.165, 1.54) is 7.05 Å². The van der Waals surface area contributed by atoms with Gasteiger partial charge in [0.05, 0.1) is 12.8 Å². The van der Waals surface area contributed by atoms with Crippen molar-refractivity contribution in [3.8, 4) is 5.75 Å². The molecule has 3 rings (SSSR count). The minimum Gasteiger partial charge on any atom is -0.497 e. The number of carbonyl (C=O) groups excluding carboxylic acids is 1. The zero-order valence-electron chi connectivity index (χ0n) is 13.2. The van der Waals surface area contributed by atoms with Gasteiger partial charge in [-0.2, -0.15) is 0 Å². The molecule has 124 valence electrons. The van der Waals surface area contributed by atoms with Crippen LogP contribution < -0.4 is 4.74 Å². The molecular weight excluding hydrogens is 328 g/mol. The molecule has 1 saturated heterocycles. The number of ether oxygens (including phenoxy) is 1. The lowest BCUT2D eigenvalue weighted by Crippen LogP contribution is -2.26. The number of nitrogens with zero attached hydrogens (tertiary/aromatic N) is 2. The van der Waals surface area contributed by atoms with Crippen LogP contribution in [0.3, 0.4) is 0 Å². The van der Waals surface area contributed by atoms with E-state index < -0.39 is 21.2 Å². The molecule has 2 aromatic rings. The van der Waals surface area contributed by atoms with Crippen LogP contribution in [-0.2, 0) is 14.8 Å². The van der Waals surface area contributed by atoms with Crippen LogP contribution in [0.4, 0.5) is 5.69 Å². The topological polar surface area (TPSA) is 76.0 Å². The minimum absolute atomic E-state index is 0.00568. The van der Waals surface area contributed by atoms with E-state index in [9.17, 15) is 13.2 Å². The largest absolute Gasteiger partial charge is 0.497 e. The Morgan fingerprint density at radius 3 is 2.25 bits per heavy atom. The van der Waals surface area contributed by atoms with E-state index in [0.29, 0.717) is 17.0 Å². The van der Waals surface area contributed by atoms with Crippen molar-refractivity contribution >= 4 is 27.3 Å². The van der Waals surface area contributed by atoms with Crippen LogP contribution in [0.2, 0.25) is 0 Å². The molecule has 1 atom stereocenters. The van der Waals surface area contributed by atoms with E-state index in [1.54, 1.807) is 61.7 Å². The van der Waals surface area contributed by atoms with Crippen LogP contribution in [0.15, 0.2) is 59.6 Å². The first kappa shape index (κ1) is 16.2. The second-order valence-electron chi connectivity index (χ2n) is 5.30. The number of methoxy groups -OCH3 is 1. The summed E-state index contributed by atoms with van der Waals surface area (Å²) >= 11 is 0. The molecule has 0 bridgehead atoms. The predicted octanol–water partition coefficient (Wildman–Crippen LogP) is 2.31. The third-order valence-corrected chi connectivity index (χ3v) is 5.88. The Kier molecular flexibility index (Phi) is 4.11. The normalized spacial score (nSPS) is 21.2. The van der Waals surface area contributed by atoms with E-state index in [0.717, 1.165) is 4.31 Å². The number of hydrogen-bond acceptors (Lipinski definition) is 5. The van der Waals surface area contributed by atoms with Crippen LogP contribution in [0, 0.1) is 0 Å². The molecule has 0 radical (unpaired) electrons. The van der Waals surface area contributed by atoms with Crippen LogP contribution in [0.25, 0.3) is 0 Å². The molecular formula is C17H16N2O4S. The van der Waals surface area contributed by atoms with Crippen LogP contribution in [-0.4, -0.2) is 38.5 Å². The molecule has 7 heteroatoms. The zero-order chi connectivity index (χ0) is 17.3. The number of carbonyl (C=O) groups is 1. The monoisotopic (exact) mass is 344 g/mol. The van der Waals surface area contributed by atoms with Gasteiger partial charge >= 0.3 is 0 Å². The summed E-state index contributed by atoms with van der Waals surface area (Å²) in [5.41, 5.74) is 1.00. The molecule has 0 aromatic heterocycles. The molecule has 1 aliphatic heterocycles. The molecule has 24 heavy (non-hydrogen) atoms. The Bertz CT molecular complexity index is 890. The lowest BCUT2D eigenvalue weighted by molar-refractivity contribution is -0.118. The van der Waals surface area contributed by atoms with Crippen molar-refractivity contribution in [3.63, 3.8) is 0 Å². The highest BCUT2D eigenvalue weighted by atomic mass is 32.2. The zero-order valence-corrected chi connectivity index (χ0v) is 14.0. The SMILES string of the molecule is COc1ccc(N=C2C(=O)N(C)S(=O)(=O)C2c2ccccc2)cc1. The quantitative estimate of drug-likeness (QED) is 0.856. The molecule has 0 spiro atoms. The van der Waals surface area contributed by atoms with Gasteiger partial charge in [0.25, 0.3) is 5.91 Å². The molecule has 1 heterocycles. The molecule has 2 aromatic carbocycles. The van der Waals surface area contributed by atoms with Gasteiger partial charge in [-0.15, -0.1) is 0 Å². The second-order valence-corrected chi connectivity index (χ2v) is 7.35. The molecule has 1 aliphatic rings. The number of amides is 1. The maximum atomic E-state index is 12.6. The number of benzene rings is 2. The van der Waals surface area contributed by atoms with E-state index in [1.807, 2.05) is 0 Å². The van der Waals surface area contributed by atoms with Crippen LogP contribution >= 0.6 is 0 Å². The van der Waals surface area contributed by atoms with Crippen molar-refractivity contribution in [2.75, 3.05) is 14.2 Å². The van der Waals surface area contributed by atoms with Crippen molar-refractivity contribution < 1.29 is 17.9 Å². The molecule has 0 saturated carbocycles. The highest BCUT2D eigenvalue weighted by Gasteiger charge is 2.49. The molecule has 1 amide bonds. The van der Waals surface area contributed by atoms with E-state index in [4.69, 9.17) is 4.74 Å². The van der Waals surface area contributed by atoms with Gasteiger partial charge in [-0.1, -0.05) is 30.3 Å². The van der Waals surface area contributed by atoms with Crippen molar-refractivity contribution in [1.29, 1.82) is 0 Å². The fourth-order valence-corrected chi connectivity index (χ4v) is 4.13. The Morgan fingerprint density at radius 2 is 1.67 bits per heavy atom. The van der Waals surface area contributed by atoms with E-state index >= 15 is 0 Å². The van der Waals surface area contributed by atoms with Crippen molar-refractivity contribution in [1.82, 2.24) is 4.31 Å². The summed E-state index contributed by atoms with van der Waals surface area (Å²) in [5.74, 6) is 0.0423. The molecule has 1 unspecified atom stereocenters. The summed E-state index contributed by atoms with van der Waals surface area (Å²) in [6, 6.07) is 15.4.